The zero-order valence-electron chi connectivity index (χ0n) is 13.8. The van der Waals surface area contributed by atoms with Crippen molar-refractivity contribution in [3.05, 3.63) is 42.0 Å². The Morgan fingerprint density at radius 1 is 1.05 bits per heavy atom. The number of piperazine rings is 1. The maximum Gasteiger partial charge on any atom is 0.127 e. The van der Waals surface area contributed by atoms with E-state index in [1.165, 1.54) is 57.5 Å². The smallest absolute Gasteiger partial charge is 0.127 e. The fraction of sp³-hybridized carbons (Fsp3) is 0.579. The number of methoxy groups -OCH3 is 1. The van der Waals surface area contributed by atoms with Crippen LogP contribution in [0.3, 0.4) is 0 Å². The minimum Gasteiger partial charge on any atom is -0.496 e. The van der Waals surface area contributed by atoms with Gasteiger partial charge in [-0.1, -0.05) is 24.3 Å². The summed E-state index contributed by atoms with van der Waals surface area (Å²) in [5.41, 5.74) is 1.35. The van der Waals surface area contributed by atoms with E-state index in [1.54, 1.807) is 12.0 Å². The summed E-state index contributed by atoms with van der Waals surface area (Å²) in [6.07, 6.45) is 8.74. The van der Waals surface area contributed by atoms with Gasteiger partial charge in [0.05, 0.1) is 13.7 Å². The largest absolute Gasteiger partial charge is 0.496 e. The van der Waals surface area contributed by atoms with Crippen LogP contribution in [0.1, 0.15) is 24.8 Å². The number of nitrogens with one attached hydrogen (secondary N) is 2. The number of quaternary nitrogens is 2. The van der Waals surface area contributed by atoms with E-state index in [4.69, 9.17) is 4.74 Å². The highest BCUT2D eigenvalue weighted by Gasteiger charge is 2.26. The second-order valence-electron chi connectivity index (χ2n) is 6.84. The first-order valence-corrected chi connectivity index (χ1v) is 8.79. The summed E-state index contributed by atoms with van der Waals surface area (Å²) in [6, 6.07) is 8.46. The summed E-state index contributed by atoms with van der Waals surface area (Å²) >= 11 is 0. The Kier molecular flexibility index (Phi) is 5.52. The fourth-order valence-electron chi connectivity index (χ4n) is 3.91. The number of benzene rings is 1. The van der Waals surface area contributed by atoms with Gasteiger partial charge in [0.2, 0.25) is 0 Å². The quantitative estimate of drug-likeness (QED) is 0.751. The third-order valence-corrected chi connectivity index (χ3v) is 5.25. The number of rotatable bonds is 5. The van der Waals surface area contributed by atoms with Gasteiger partial charge in [-0.05, 0) is 31.4 Å². The zero-order chi connectivity index (χ0) is 15.2. The van der Waals surface area contributed by atoms with Crippen LogP contribution >= 0.6 is 0 Å². The summed E-state index contributed by atoms with van der Waals surface area (Å²) in [7, 11) is 1.77. The second-order valence-corrected chi connectivity index (χ2v) is 6.84. The SMILES string of the molecule is COc1ccccc1C[NH+]1CC[NH+](CC2CC=CCC2)CC1. The molecule has 3 heteroatoms. The molecule has 0 amide bonds. The molecule has 1 heterocycles. The van der Waals surface area contributed by atoms with Gasteiger partial charge in [-0.25, -0.2) is 0 Å². The first-order chi connectivity index (χ1) is 10.8. The molecular formula is C19H30N2O+2. The molecule has 3 rings (SSSR count). The molecule has 3 nitrogen and oxygen atoms in total. The molecule has 1 fully saturated rings. The second kappa shape index (κ2) is 7.80. The van der Waals surface area contributed by atoms with E-state index in [2.05, 4.69) is 36.4 Å². The topological polar surface area (TPSA) is 18.1 Å². The van der Waals surface area contributed by atoms with Gasteiger partial charge in [0, 0.05) is 11.5 Å². The van der Waals surface area contributed by atoms with Crippen LogP contribution in [-0.2, 0) is 6.54 Å². The van der Waals surface area contributed by atoms with Crippen molar-refractivity contribution in [1.29, 1.82) is 0 Å². The van der Waals surface area contributed by atoms with Gasteiger partial charge >= 0.3 is 0 Å². The van der Waals surface area contributed by atoms with E-state index in [1.807, 2.05) is 4.90 Å². The number of hydrogen-bond acceptors (Lipinski definition) is 1. The molecule has 0 saturated carbocycles. The Morgan fingerprint density at radius 3 is 2.55 bits per heavy atom. The average molecular weight is 302 g/mol. The Labute approximate surface area is 134 Å². The van der Waals surface area contributed by atoms with Crippen molar-refractivity contribution in [2.45, 2.75) is 25.8 Å². The molecule has 0 spiro atoms. The summed E-state index contributed by atoms with van der Waals surface area (Å²) in [6.45, 7) is 7.71. The van der Waals surface area contributed by atoms with Crippen LogP contribution in [0.4, 0.5) is 0 Å². The van der Waals surface area contributed by atoms with Crippen molar-refractivity contribution in [1.82, 2.24) is 0 Å². The molecule has 120 valence electrons. The van der Waals surface area contributed by atoms with Crippen LogP contribution in [-0.4, -0.2) is 39.8 Å². The van der Waals surface area contributed by atoms with Crippen molar-refractivity contribution in [2.75, 3.05) is 39.8 Å². The molecule has 2 N–H and O–H groups in total. The summed E-state index contributed by atoms with van der Waals surface area (Å²) < 4.78 is 5.48. The lowest BCUT2D eigenvalue weighted by molar-refractivity contribution is -1.02. The van der Waals surface area contributed by atoms with Gasteiger partial charge in [0.15, 0.2) is 0 Å². The van der Waals surface area contributed by atoms with Crippen molar-refractivity contribution >= 4 is 0 Å². The zero-order valence-corrected chi connectivity index (χ0v) is 13.8. The normalized spacial score (nSPS) is 28.5. The van der Waals surface area contributed by atoms with Crippen molar-refractivity contribution in [2.24, 2.45) is 5.92 Å². The van der Waals surface area contributed by atoms with Crippen LogP contribution in [0.2, 0.25) is 0 Å². The minimum absolute atomic E-state index is 0.927. The van der Waals surface area contributed by atoms with Crippen LogP contribution in [0.15, 0.2) is 36.4 Å². The molecule has 1 saturated heterocycles. The summed E-state index contributed by atoms with van der Waals surface area (Å²) in [4.78, 5) is 3.53. The third-order valence-electron chi connectivity index (χ3n) is 5.25. The molecule has 1 aromatic rings. The monoisotopic (exact) mass is 302 g/mol. The van der Waals surface area contributed by atoms with E-state index >= 15 is 0 Å². The first-order valence-electron chi connectivity index (χ1n) is 8.79. The number of hydrogen-bond donors (Lipinski definition) is 2. The van der Waals surface area contributed by atoms with Crippen LogP contribution < -0.4 is 14.5 Å². The Balaban J connectivity index is 1.46. The molecule has 1 atom stereocenters. The maximum atomic E-state index is 5.48. The van der Waals surface area contributed by atoms with Gasteiger partial charge < -0.3 is 14.5 Å². The molecule has 0 bridgehead atoms. The predicted octanol–water partition coefficient (Wildman–Crippen LogP) is 0.335. The standard InChI is InChI=1S/C19H28N2O/c1-22-19-10-6-5-9-18(19)16-21-13-11-20(12-14-21)15-17-7-3-2-4-8-17/h2-3,5-6,9-10,17H,4,7-8,11-16H2,1H3/p+2. The lowest BCUT2D eigenvalue weighted by Crippen LogP contribution is -3.27. The Bertz CT molecular complexity index is 492. The number of ether oxygens (including phenoxy) is 1. The lowest BCUT2D eigenvalue weighted by Gasteiger charge is -2.32. The Morgan fingerprint density at radius 2 is 1.82 bits per heavy atom. The fourth-order valence-corrected chi connectivity index (χ4v) is 3.91. The van der Waals surface area contributed by atoms with Crippen molar-refractivity contribution in [3.8, 4) is 5.75 Å². The van der Waals surface area contributed by atoms with E-state index < -0.39 is 0 Å². The Hall–Kier alpha value is -1.32. The molecule has 1 aliphatic carbocycles. The van der Waals surface area contributed by atoms with E-state index in [-0.39, 0.29) is 0 Å². The number of allylic oxidation sites excluding steroid dienone is 2. The van der Waals surface area contributed by atoms with Crippen molar-refractivity contribution in [3.63, 3.8) is 0 Å². The summed E-state index contributed by atoms with van der Waals surface area (Å²) in [5.74, 6) is 1.97. The maximum absolute atomic E-state index is 5.48. The first kappa shape index (κ1) is 15.6. The minimum atomic E-state index is 0.927. The highest BCUT2D eigenvalue weighted by atomic mass is 16.5. The summed E-state index contributed by atoms with van der Waals surface area (Å²) in [5, 5.41) is 0. The lowest BCUT2D eigenvalue weighted by atomic mass is 9.94. The van der Waals surface area contributed by atoms with Gasteiger partial charge in [-0.3, -0.25) is 0 Å². The van der Waals surface area contributed by atoms with Gasteiger partial charge in [-0.15, -0.1) is 0 Å². The molecule has 1 aliphatic heterocycles. The van der Waals surface area contributed by atoms with Crippen molar-refractivity contribution < 1.29 is 14.5 Å². The molecule has 0 aromatic heterocycles. The average Bonchev–Trinajstić information content (AvgIpc) is 2.58. The highest BCUT2D eigenvalue weighted by Crippen LogP contribution is 2.16. The van der Waals surface area contributed by atoms with E-state index in [0.717, 1.165) is 18.2 Å². The third kappa shape index (κ3) is 4.11. The van der Waals surface area contributed by atoms with E-state index in [9.17, 15) is 0 Å². The van der Waals surface area contributed by atoms with Gasteiger partial charge in [-0.2, -0.15) is 0 Å². The van der Waals surface area contributed by atoms with E-state index in [0.29, 0.717) is 0 Å². The molecule has 0 radical (unpaired) electrons. The predicted molar refractivity (Wildman–Crippen MR) is 89.4 cm³/mol. The molecule has 1 unspecified atom stereocenters. The van der Waals surface area contributed by atoms with Crippen LogP contribution in [0.5, 0.6) is 5.75 Å². The van der Waals surface area contributed by atoms with Crippen LogP contribution in [0.25, 0.3) is 0 Å². The molecule has 1 aromatic carbocycles. The molecule has 2 aliphatic rings. The van der Waals surface area contributed by atoms with Crippen LogP contribution in [0, 0.1) is 5.92 Å². The highest BCUT2D eigenvalue weighted by molar-refractivity contribution is 5.32. The van der Waals surface area contributed by atoms with Gasteiger partial charge in [0.1, 0.15) is 38.5 Å². The van der Waals surface area contributed by atoms with Gasteiger partial charge in [0.25, 0.3) is 0 Å². The number of para-hydroxylation sites is 1. The molecular weight excluding hydrogens is 272 g/mol. The molecule has 22 heavy (non-hydrogen) atoms.